The molecule has 2 N–H and O–H groups in total. The number of benzene rings is 1. The van der Waals surface area contributed by atoms with Gasteiger partial charge < -0.3 is 15.4 Å². The zero-order valence-electron chi connectivity index (χ0n) is 13.3. The second-order valence-corrected chi connectivity index (χ2v) is 5.77. The Morgan fingerprint density at radius 3 is 2.71 bits per heavy atom. The summed E-state index contributed by atoms with van der Waals surface area (Å²) in [6.07, 6.45) is 4.08. The lowest BCUT2D eigenvalue weighted by molar-refractivity contribution is -0.133. The Balaban J connectivity index is 2.11. The van der Waals surface area contributed by atoms with Crippen molar-refractivity contribution in [1.82, 2.24) is 4.90 Å². The van der Waals surface area contributed by atoms with Gasteiger partial charge in [-0.25, -0.2) is 0 Å². The van der Waals surface area contributed by atoms with Crippen LogP contribution in [0.15, 0.2) is 30.3 Å². The summed E-state index contributed by atoms with van der Waals surface area (Å²) in [6, 6.07) is 6.21. The summed E-state index contributed by atoms with van der Waals surface area (Å²) in [4.78, 5) is 25.3. The molecule has 0 aliphatic carbocycles. The molecule has 0 saturated carbocycles. The maximum absolute atomic E-state index is 12.4. The SMILES string of the molecule is CC1CCC(C(N)=O)CN1C(=O)C=Cc1ccccc1OC(F)F. The largest absolute Gasteiger partial charge is 0.434 e. The number of hydrogen-bond acceptors (Lipinski definition) is 3. The third kappa shape index (κ3) is 4.53. The molecule has 0 aromatic heterocycles. The van der Waals surface area contributed by atoms with E-state index >= 15 is 0 Å². The number of amides is 2. The number of likely N-dealkylation sites (tertiary alicyclic amines) is 1. The molecule has 0 radical (unpaired) electrons. The normalized spacial score (nSPS) is 21.2. The van der Waals surface area contributed by atoms with Crippen molar-refractivity contribution in [2.75, 3.05) is 6.54 Å². The van der Waals surface area contributed by atoms with Crippen LogP contribution >= 0.6 is 0 Å². The van der Waals surface area contributed by atoms with Gasteiger partial charge in [-0.1, -0.05) is 18.2 Å². The Bertz CT molecular complexity index is 634. The van der Waals surface area contributed by atoms with Crippen LogP contribution in [0.5, 0.6) is 5.75 Å². The second kappa shape index (κ2) is 7.90. The summed E-state index contributed by atoms with van der Waals surface area (Å²) >= 11 is 0. The molecule has 1 aromatic rings. The highest BCUT2D eigenvalue weighted by Crippen LogP contribution is 2.24. The molecule has 2 rings (SSSR count). The van der Waals surface area contributed by atoms with Crippen LogP contribution in [-0.4, -0.2) is 35.9 Å². The maximum Gasteiger partial charge on any atom is 0.387 e. The Morgan fingerprint density at radius 1 is 1.33 bits per heavy atom. The fourth-order valence-corrected chi connectivity index (χ4v) is 2.72. The first-order valence-electron chi connectivity index (χ1n) is 7.70. The van der Waals surface area contributed by atoms with Gasteiger partial charge in [-0.2, -0.15) is 8.78 Å². The summed E-state index contributed by atoms with van der Waals surface area (Å²) in [6.45, 7) is -0.764. The summed E-state index contributed by atoms with van der Waals surface area (Å²) in [5, 5.41) is 0. The van der Waals surface area contributed by atoms with Crippen LogP contribution in [-0.2, 0) is 9.59 Å². The molecule has 5 nitrogen and oxygen atoms in total. The lowest BCUT2D eigenvalue weighted by Gasteiger charge is -2.36. The van der Waals surface area contributed by atoms with Crippen molar-refractivity contribution < 1.29 is 23.1 Å². The monoisotopic (exact) mass is 338 g/mol. The molecule has 2 atom stereocenters. The molecule has 2 amide bonds. The lowest BCUT2D eigenvalue weighted by atomic mass is 9.93. The average Bonchev–Trinajstić information content (AvgIpc) is 2.53. The first-order valence-corrected chi connectivity index (χ1v) is 7.70. The highest BCUT2D eigenvalue weighted by molar-refractivity contribution is 5.93. The van der Waals surface area contributed by atoms with E-state index in [1.165, 1.54) is 18.2 Å². The third-order valence-corrected chi connectivity index (χ3v) is 4.11. The summed E-state index contributed by atoms with van der Waals surface area (Å²) in [5.74, 6) is -1.06. The molecule has 1 fully saturated rings. The number of carbonyl (C=O) groups excluding carboxylic acids is 2. The Kier molecular flexibility index (Phi) is 5.89. The number of halogens is 2. The van der Waals surface area contributed by atoms with Crippen LogP contribution < -0.4 is 10.5 Å². The van der Waals surface area contributed by atoms with Crippen molar-refractivity contribution in [2.24, 2.45) is 11.7 Å². The Labute approximate surface area is 139 Å². The van der Waals surface area contributed by atoms with Crippen LogP contribution in [0.1, 0.15) is 25.3 Å². The molecule has 1 heterocycles. The van der Waals surface area contributed by atoms with Gasteiger partial charge in [0.1, 0.15) is 5.75 Å². The van der Waals surface area contributed by atoms with Crippen molar-refractivity contribution in [3.63, 3.8) is 0 Å². The molecule has 0 spiro atoms. The molecule has 1 saturated heterocycles. The fraction of sp³-hybridized carbons (Fsp3) is 0.412. The molecule has 0 bridgehead atoms. The quantitative estimate of drug-likeness (QED) is 0.838. The predicted octanol–water partition coefficient (Wildman–Crippen LogP) is 2.41. The Morgan fingerprint density at radius 2 is 2.04 bits per heavy atom. The van der Waals surface area contributed by atoms with E-state index in [1.54, 1.807) is 23.1 Å². The van der Waals surface area contributed by atoms with Crippen LogP contribution in [0.4, 0.5) is 8.78 Å². The van der Waals surface area contributed by atoms with Gasteiger partial charge in [0.05, 0.1) is 5.92 Å². The molecule has 2 unspecified atom stereocenters. The first kappa shape index (κ1) is 17.9. The molecule has 1 aliphatic rings. The third-order valence-electron chi connectivity index (χ3n) is 4.11. The molecule has 1 aromatic carbocycles. The van der Waals surface area contributed by atoms with E-state index in [2.05, 4.69) is 4.74 Å². The molecular weight excluding hydrogens is 318 g/mol. The zero-order valence-corrected chi connectivity index (χ0v) is 13.3. The molecule has 1 aliphatic heterocycles. The summed E-state index contributed by atoms with van der Waals surface area (Å²) < 4.78 is 29.2. The molecule has 7 heteroatoms. The van der Waals surface area contributed by atoms with E-state index < -0.39 is 12.5 Å². The number of nitrogens with zero attached hydrogens (tertiary/aromatic N) is 1. The van der Waals surface area contributed by atoms with Gasteiger partial charge in [-0.15, -0.1) is 0 Å². The van der Waals surface area contributed by atoms with Crippen molar-refractivity contribution in [3.8, 4) is 5.75 Å². The van der Waals surface area contributed by atoms with Gasteiger partial charge in [0, 0.05) is 24.2 Å². The zero-order chi connectivity index (χ0) is 17.7. The minimum Gasteiger partial charge on any atom is -0.434 e. The first-order chi connectivity index (χ1) is 11.4. The van der Waals surface area contributed by atoms with Gasteiger partial charge in [0.15, 0.2) is 0 Å². The number of alkyl halides is 2. The number of piperidine rings is 1. The van der Waals surface area contributed by atoms with Crippen LogP contribution in [0, 0.1) is 5.92 Å². The highest BCUT2D eigenvalue weighted by atomic mass is 19.3. The number of carbonyl (C=O) groups is 2. The van der Waals surface area contributed by atoms with Crippen molar-refractivity contribution in [3.05, 3.63) is 35.9 Å². The van der Waals surface area contributed by atoms with Gasteiger partial charge in [0.2, 0.25) is 11.8 Å². The van der Waals surface area contributed by atoms with Crippen molar-refractivity contribution in [1.29, 1.82) is 0 Å². The highest BCUT2D eigenvalue weighted by Gasteiger charge is 2.30. The number of primary amides is 1. The van der Waals surface area contributed by atoms with Crippen LogP contribution in [0.3, 0.4) is 0 Å². The molecule has 24 heavy (non-hydrogen) atoms. The van der Waals surface area contributed by atoms with Crippen molar-refractivity contribution >= 4 is 17.9 Å². The smallest absolute Gasteiger partial charge is 0.387 e. The summed E-state index contributed by atoms with van der Waals surface area (Å²) in [5.41, 5.74) is 5.70. The number of rotatable bonds is 5. The van der Waals surface area contributed by atoms with Gasteiger partial charge in [0.25, 0.3) is 0 Å². The van der Waals surface area contributed by atoms with Gasteiger partial charge >= 0.3 is 6.61 Å². The second-order valence-electron chi connectivity index (χ2n) is 5.77. The minimum atomic E-state index is -2.94. The number of hydrogen-bond donors (Lipinski definition) is 1. The Hall–Kier alpha value is -2.44. The fourth-order valence-electron chi connectivity index (χ4n) is 2.72. The van der Waals surface area contributed by atoms with Crippen molar-refractivity contribution in [2.45, 2.75) is 32.4 Å². The van der Waals surface area contributed by atoms with E-state index in [9.17, 15) is 18.4 Å². The number of nitrogens with two attached hydrogens (primary N) is 1. The minimum absolute atomic E-state index is 0.00162. The average molecular weight is 338 g/mol. The van der Waals surface area contributed by atoms with E-state index in [0.717, 1.165) is 0 Å². The van der Waals surface area contributed by atoms with E-state index in [4.69, 9.17) is 5.73 Å². The molecule has 130 valence electrons. The molecular formula is C17H20F2N2O3. The van der Waals surface area contributed by atoms with E-state index in [0.29, 0.717) is 18.4 Å². The van der Waals surface area contributed by atoms with E-state index in [-0.39, 0.29) is 30.2 Å². The lowest BCUT2D eigenvalue weighted by Crippen LogP contribution is -2.48. The number of para-hydroxylation sites is 1. The van der Waals surface area contributed by atoms with Gasteiger partial charge in [-0.3, -0.25) is 9.59 Å². The topological polar surface area (TPSA) is 72.6 Å². The van der Waals surface area contributed by atoms with E-state index in [1.807, 2.05) is 6.92 Å². The maximum atomic E-state index is 12.4. The number of ether oxygens (including phenoxy) is 1. The van der Waals surface area contributed by atoms with Crippen LogP contribution in [0.2, 0.25) is 0 Å². The standard InChI is InChI=1S/C17H20F2N2O3/c1-11-6-7-13(16(20)23)10-21(11)15(22)9-8-12-4-2-3-5-14(12)24-17(18)19/h2-5,8-9,11,13,17H,6-7,10H2,1H3,(H2,20,23). The van der Waals surface area contributed by atoms with Gasteiger partial charge in [-0.05, 0) is 31.9 Å². The predicted molar refractivity (Wildman–Crippen MR) is 85.2 cm³/mol. The summed E-state index contributed by atoms with van der Waals surface area (Å²) in [7, 11) is 0. The van der Waals surface area contributed by atoms with Crippen LogP contribution in [0.25, 0.3) is 6.08 Å².